The maximum absolute atomic E-state index is 10.8. The Bertz CT molecular complexity index is 793. The van der Waals surface area contributed by atoms with E-state index in [0.29, 0.717) is 12.5 Å². The van der Waals surface area contributed by atoms with Gasteiger partial charge < -0.3 is 9.47 Å². The lowest BCUT2D eigenvalue weighted by molar-refractivity contribution is 0.385. The molecule has 0 atom stereocenters. The smallest absolute Gasteiger partial charge is 0.274 e. The molecule has 0 aliphatic carbocycles. The van der Waals surface area contributed by atoms with Gasteiger partial charge in [0.2, 0.25) is 0 Å². The van der Waals surface area contributed by atoms with Crippen LogP contribution in [0, 0.1) is 12.8 Å². The summed E-state index contributed by atoms with van der Waals surface area (Å²) in [4.78, 5) is 6.76. The number of pyridine rings is 1. The number of hydrogen-bond donors (Lipinski definition) is 2. The molecule has 0 aromatic carbocycles. The van der Waals surface area contributed by atoms with Gasteiger partial charge in [0.25, 0.3) is 10.2 Å². The van der Waals surface area contributed by atoms with Gasteiger partial charge in [-0.2, -0.15) is 8.42 Å². The van der Waals surface area contributed by atoms with Crippen molar-refractivity contribution >= 4 is 26.9 Å². The predicted molar refractivity (Wildman–Crippen MR) is 86.9 cm³/mol. The fraction of sp³-hybridized carbons (Fsp3) is 0.500. The maximum Gasteiger partial charge on any atom is 0.274 e. The summed E-state index contributed by atoms with van der Waals surface area (Å²) in [5.41, 5.74) is 3.42. The summed E-state index contributed by atoms with van der Waals surface area (Å²) in [7, 11) is -1.57. The second-order valence-electron chi connectivity index (χ2n) is 5.95. The first-order chi connectivity index (χ1) is 10.3. The minimum atomic E-state index is -3.58. The van der Waals surface area contributed by atoms with E-state index in [2.05, 4.69) is 27.7 Å². The van der Waals surface area contributed by atoms with E-state index in [-0.39, 0.29) is 0 Å². The summed E-state index contributed by atoms with van der Waals surface area (Å²) in [5.74, 6) is 0.487. The summed E-state index contributed by atoms with van der Waals surface area (Å²) in [5, 5.41) is 6.12. The van der Waals surface area contributed by atoms with Gasteiger partial charge in [0.1, 0.15) is 5.65 Å². The monoisotopic (exact) mass is 323 g/mol. The molecule has 3 N–H and O–H groups in total. The Hall–Kier alpha value is -1.64. The molecule has 120 valence electrons. The molecule has 1 fully saturated rings. The van der Waals surface area contributed by atoms with E-state index < -0.39 is 10.2 Å². The molecule has 3 heterocycles. The summed E-state index contributed by atoms with van der Waals surface area (Å²) in [6.45, 7) is 4.35. The molecule has 2 aromatic rings. The summed E-state index contributed by atoms with van der Waals surface area (Å²) in [6, 6.07) is 2.05. The van der Waals surface area contributed by atoms with Crippen molar-refractivity contribution in [3.8, 4) is 0 Å². The number of aryl methyl sites for hydroxylation is 2. The van der Waals surface area contributed by atoms with E-state index in [4.69, 9.17) is 5.14 Å². The number of nitrogens with one attached hydrogen (secondary N) is 1. The Balaban J connectivity index is 1.66. The molecule has 1 aliphatic rings. The van der Waals surface area contributed by atoms with Crippen LogP contribution in [-0.2, 0) is 17.3 Å². The first-order valence-electron chi connectivity index (χ1n) is 7.28. The molecule has 0 bridgehead atoms. The number of nitrogens with two attached hydrogens (primary N) is 1. The van der Waals surface area contributed by atoms with E-state index in [9.17, 15) is 8.42 Å². The van der Waals surface area contributed by atoms with Crippen LogP contribution in [-0.4, -0.2) is 37.6 Å². The molecule has 8 heteroatoms. The zero-order valence-electron chi connectivity index (χ0n) is 12.8. The highest BCUT2D eigenvalue weighted by molar-refractivity contribution is 7.87. The number of hydrogen-bond acceptors (Lipinski definition) is 4. The van der Waals surface area contributed by atoms with Crippen LogP contribution in [0.4, 0.5) is 5.69 Å². The Morgan fingerprint density at radius 2 is 2.18 bits per heavy atom. The zero-order valence-corrected chi connectivity index (χ0v) is 13.6. The highest BCUT2D eigenvalue weighted by atomic mass is 32.2. The normalized spacial score (nSPS) is 16.2. The first-order valence-corrected chi connectivity index (χ1v) is 8.83. The molecule has 1 aliphatic heterocycles. The average Bonchev–Trinajstić information content (AvgIpc) is 2.67. The molecular weight excluding hydrogens is 302 g/mol. The summed E-state index contributed by atoms with van der Waals surface area (Å²) < 4.78 is 26.1. The van der Waals surface area contributed by atoms with Crippen LogP contribution in [0.15, 0.2) is 18.5 Å². The molecule has 2 aromatic heterocycles. The number of nitrogens with zero attached hydrogens (tertiary/aromatic N) is 3. The average molecular weight is 323 g/mol. The number of aromatic nitrogens is 2. The van der Waals surface area contributed by atoms with E-state index in [1.54, 1.807) is 0 Å². The Morgan fingerprint density at radius 1 is 1.45 bits per heavy atom. The minimum absolute atomic E-state index is 0.396. The van der Waals surface area contributed by atoms with Crippen LogP contribution < -0.4 is 14.8 Å². The van der Waals surface area contributed by atoms with Crippen LogP contribution in [0.3, 0.4) is 0 Å². The predicted octanol–water partition coefficient (Wildman–Crippen LogP) is 0.501. The maximum atomic E-state index is 10.8. The van der Waals surface area contributed by atoms with Gasteiger partial charge in [0.05, 0.1) is 0 Å². The lowest BCUT2D eigenvalue weighted by Gasteiger charge is -2.41. The second-order valence-corrected chi connectivity index (χ2v) is 7.33. The van der Waals surface area contributed by atoms with Gasteiger partial charge in [0.15, 0.2) is 0 Å². The van der Waals surface area contributed by atoms with Gasteiger partial charge in [-0.3, -0.25) is 0 Å². The Kier molecular flexibility index (Phi) is 3.84. The Labute approximate surface area is 130 Å². The van der Waals surface area contributed by atoms with Crippen LogP contribution in [0.1, 0.15) is 12.0 Å². The van der Waals surface area contributed by atoms with Crippen LogP contribution in [0.2, 0.25) is 0 Å². The lowest BCUT2D eigenvalue weighted by atomic mass is 9.95. The lowest BCUT2D eigenvalue weighted by Crippen LogP contribution is -2.48. The van der Waals surface area contributed by atoms with Gasteiger partial charge in [-0.15, -0.1) is 0 Å². The number of fused-ring (bicyclic) bond motifs is 1. The zero-order chi connectivity index (χ0) is 15.9. The van der Waals surface area contributed by atoms with Gasteiger partial charge >= 0.3 is 0 Å². The van der Waals surface area contributed by atoms with Crippen molar-refractivity contribution in [1.29, 1.82) is 0 Å². The standard InChI is InChI=1S/C14H21N5O2S/c1-10-7-18(2)14-13(10)12(4-5-16-14)19-8-11(9-19)3-6-17-22(15,20)21/h4-5,7,11,17H,3,6,8-9H2,1-2H3,(H2,15,20,21). The SMILES string of the molecule is Cc1cn(C)c2nccc(N3CC(CCNS(N)(=O)=O)C3)c12. The molecular formula is C14H21N5O2S. The molecule has 22 heavy (non-hydrogen) atoms. The molecule has 0 radical (unpaired) electrons. The third-order valence-corrected chi connectivity index (χ3v) is 4.78. The second kappa shape index (κ2) is 5.53. The molecule has 0 saturated carbocycles. The van der Waals surface area contributed by atoms with Crippen molar-refractivity contribution in [2.45, 2.75) is 13.3 Å². The largest absolute Gasteiger partial charge is 0.370 e. The molecule has 7 nitrogen and oxygen atoms in total. The van der Waals surface area contributed by atoms with Gasteiger partial charge in [-0.1, -0.05) is 0 Å². The van der Waals surface area contributed by atoms with E-state index in [1.807, 2.05) is 23.9 Å². The highest BCUT2D eigenvalue weighted by Crippen LogP contribution is 2.34. The van der Waals surface area contributed by atoms with Crippen LogP contribution in [0.5, 0.6) is 0 Å². The van der Waals surface area contributed by atoms with E-state index in [0.717, 1.165) is 25.2 Å². The molecule has 0 unspecified atom stereocenters. The van der Waals surface area contributed by atoms with E-state index in [1.165, 1.54) is 16.6 Å². The Morgan fingerprint density at radius 3 is 2.86 bits per heavy atom. The third-order valence-electron chi connectivity index (χ3n) is 4.18. The van der Waals surface area contributed by atoms with Crippen molar-refractivity contribution in [2.75, 3.05) is 24.5 Å². The fourth-order valence-electron chi connectivity index (χ4n) is 3.12. The third kappa shape index (κ3) is 2.94. The van der Waals surface area contributed by atoms with E-state index >= 15 is 0 Å². The van der Waals surface area contributed by atoms with Crippen molar-refractivity contribution in [3.05, 3.63) is 24.0 Å². The highest BCUT2D eigenvalue weighted by Gasteiger charge is 2.28. The first kappa shape index (κ1) is 15.3. The quantitative estimate of drug-likeness (QED) is 0.838. The molecule has 1 saturated heterocycles. The fourth-order valence-corrected chi connectivity index (χ4v) is 3.52. The van der Waals surface area contributed by atoms with Gasteiger partial charge in [0, 0.05) is 50.1 Å². The number of rotatable bonds is 5. The topological polar surface area (TPSA) is 93.2 Å². The van der Waals surface area contributed by atoms with Crippen molar-refractivity contribution in [2.24, 2.45) is 18.1 Å². The summed E-state index contributed by atoms with van der Waals surface area (Å²) in [6.07, 6.45) is 4.73. The van der Waals surface area contributed by atoms with Gasteiger partial charge in [-0.05, 0) is 30.9 Å². The molecule has 0 amide bonds. The van der Waals surface area contributed by atoms with Crippen molar-refractivity contribution in [1.82, 2.24) is 14.3 Å². The van der Waals surface area contributed by atoms with Crippen LogP contribution in [0.25, 0.3) is 11.0 Å². The number of anilines is 1. The molecule has 3 rings (SSSR count). The van der Waals surface area contributed by atoms with Crippen LogP contribution >= 0.6 is 0 Å². The minimum Gasteiger partial charge on any atom is -0.370 e. The molecule has 0 spiro atoms. The van der Waals surface area contributed by atoms with Crippen molar-refractivity contribution in [3.63, 3.8) is 0 Å². The summed E-state index contributed by atoms with van der Waals surface area (Å²) >= 11 is 0. The van der Waals surface area contributed by atoms with Gasteiger partial charge in [-0.25, -0.2) is 14.8 Å². The van der Waals surface area contributed by atoms with Crippen molar-refractivity contribution < 1.29 is 8.42 Å².